The lowest BCUT2D eigenvalue weighted by atomic mass is 9.69. The first kappa shape index (κ1) is 12.5. The SMILES string of the molecule is CC1CCC(c2nnnn2CC2(C(=O)O)CCC2)O1. The number of aliphatic carboxylic acids is 1. The van der Waals surface area contributed by atoms with Crippen LogP contribution in [0.3, 0.4) is 0 Å². The van der Waals surface area contributed by atoms with E-state index in [1.165, 1.54) is 0 Å². The number of nitrogens with zero attached hydrogens (tertiary/aromatic N) is 4. The van der Waals surface area contributed by atoms with Gasteiger partial charge >= 0.3 is 5.97 Å². The van der Waals surface area contributed by atoms with Crippen LogP contribution in [0, 0.1) is 5.41 Å². The summed E-state index contributed by atoms with van der Waals surface area (Å²) < 4.78 is 7.38. The summed E-state index contributed by atoms with van der Waals surface area (Å²) in [4.78, 5) is 11.4. The molecule has 0 amide bonds. The maximum atomic E-state index is 11.4. The number of carboxylic acid groups (broad SMARTS) is 1. The normalized spacial score (nSPS) is 29.1. The van der Waals surface area contributed by atoms with Crippen molar-refractivity contribution >= 4 is 5.97 Å². The van der Waals surface area contributed by atoms with Gasteiger partial charge in [0.15, 0.2) is 5.82 Å². The topological polar surface area (TPSA) is 90.1 Å². The Labute approximate surface area is 110 Å². The van der Waals surface area contributed by atoms with E-state index in [4.69, 9.17) is 4.74 Å². The minimum absolute atomic E-state index is 0.101. The van der Waals surface area contributed by atoms with Crippen molar-refractivity contribution in [2.24, 2.45) is 5.41 Å². The summed E-state index contributed by atoms with van der Waals surface area (Å²) in [6.07, 6.45) is 4.35. The summed E-state index contributed by atoms with van der Waals surface area (Å²) in [5.41, 5.74) is -0.686. The average molecular weight is 266 g/mol. The molecule has 0 bridgehead atoms. The second-order valence-electron chi connectivity index (χ2n) is 5.65. The first-order chi connectivity index (χ1) is 9.11. The van der Waals surface area contributed by atoms with Crippen LogP contribution < -0.4 is 0 Å². The molecule has 2 atom stereocenters. The van der Waals surface area contributed by atoms with Crippen molar-refractivity contribution in [3.8, 4) is 0 Å². The van der Waals surface area contributed by atoms with E-state index in [1.807, 2.05) is 6.92 Å². The number of hydrogen-bond acceptors (Lipinski definition) is 5. The van der Waals surface area contributed by atoms with E-state index in [1.54, 1.807) is 4.68 Å². The Morgan fingerprint density at radius 2 is 2.32 bits per heavy atom. The highest BCUT2D eigenvalue weighted by atomic mass is 16.5. The average Bonchev–Trinajstić information content (AvgIpc) is 2.91. The second kappa shape index (κ2) is 4.56. The molecule has 1 saturated carbocycles. The van der Waals surface area contributed by atoms with Crippen molar-refractivity contribution in [2.45, 2.75) is 57.8 Å². The van der Waals surface area contributed by atoms with Crippen LogP contribution in [-0.4, -0.2) is 37.4 Å². The fraction of sp³-hybridized carbons (Fsp3) is 0.833. The minimum atomic E-state index is -0.749. The molecule has 19 heavy (non-hydrogen) atoms. The Morgan fingerprint density at radius 3 is 2.84 bits per heavy atom. The van der Waals surface area contributed by atoms with E-state index >= 15 is 0 Å². The third-order valence-electron chi connectivity index (χ3n) is 4.30. The number of ether oxygens (including phenoxy) is 1. The molecule has 2 heterocycles. The molecular formula is C12H18N4O3. The fourth-order valence-electron chi connectivity index (χ4n) is 2.88. The molecule has 1 aromatic heterocycles. The lowest BCUT2D eigenvalue weighted by Gasteiger charge is -2.37. The van der Waals surface area contributed by atoms with Crippen molar-refractivity contribution in [2.75, 3.05) is 0 Å². The van der Waals surface area contributed by atoms with Gasteiger partial charge < -0.3 is 9.84 Å². The summed E-state index contributed by atoms with van der Waals surface area (Å²) >= 11 is 0. The standard InChI is InChI=1S/C12H18N4O3/c1-8-3-4-9(19-8)10-13-14-15-16(10)7-12(11(17)18)5-2-6-12/h8-9H,2-7H2,1H3,(H,17,18). The van der Waals surface area contributed by atoms with Crippen LogP contribution in [-0.2, 0) is 16.1 Å². The summed E-state index contributed by atoms with van der Waals surface area (Å²) in [5.74, 6) is -0.0854. The zero-order valence-electron chi connectivity index (χ0n) is 10.9. The molecule has 1 N–H and O–H groups in total. The third kappa shape index (κ3) is 2.11. The van der Waals surface area contributed by atoms with E-state index in [2.05, 4.69) is 15.5 Å². The Hall–Kier alpha value is -1.50. The molecule has 3 rings (SSSR count). The number of aromatic nitrogens is 4. The zero-order valence-corrected chi connectivity index (χ0v) is 10.9. The Kier molecular flexibility index (Phi) is 3.00. The van der Waals surface area contributed by atoms with Crippen molar-refractivity contribution < 1.29 is 14.6 Å². The predicted molar refractivity (Wildman–Crippen MR) is 64.3 cm³/mol. The van der Waals surface area contributed by atoms with Crippen LogP contribution in [0.25, 0.3) is 0 Å². The van der Waals surface area contributed by atoms with Gasteiger partial charge in [-0.25, -0.2) is 4.68 Å². The predicted octanol–water partition coefficient (Wildman–Crippen LogP) is 1.17. The Morgan fingerprint density at radius 1 is 1.53 bits per heavy atom. The molecule has 2 unspecified atom stereocenters. The molecule has 7 nitrogen and oxygen atoms in total. The quantitative estimate of drug-likeness (QED) is 0.879. The smallest absolute Gasteiger partial charge is 0.311 e. The molecule has 1 saturated heterocycles. The number of hydrogen-bond donors (Lipinski definition) is 1. The highest BCUT2D eigenvalue weighted by molar-refractivity contribution is 5.75. The molecule has 1 aromatic rings. The molecule has 0 spiro atoms. The minimum Gasteiger partial charge on any atom is -0.481 e. The van der Waals surface area contributed by atoms with Gasteiger partial charge in [-0.1, -0.05) is 6.42 Å². The highest BCUT2D eigenvalue weighted by Gasteiger charge is 2.46. The van der Waals surface area contributed by atoms with E-state index in [0.29, 0.717) is 25.2 Å². The van der Waals surface area contributed by atoms with E-state index in [9.17, 15) is 9.90 Å². The summed E-state index contributed by atoms with van der Waals surface area (Å²) in [7, 11) is 0. The highest BCUT2D eigenvalue weighted by Crippen LogP contribution is 2.43. The van der Waals surface area contributed by atoms with E-state index < -0.39 is 11.4 Å². The van der Waals surface area contributed by atoms with E-state index in [-0.39, 0.29) is 12.2 Å². The van der Waals surface area contributed by atoms with Crippen molar-refractivity contribution in [3.63, 3.8) is 0 Å². The summed E-state index contributed by atoms with van der Waals surface area (Å²) in [6.45, 7) is 2.37. The zero-order chi connectivity index (χ0) is 13.5. The number of carbonyl (C=O) groups is 1. The molecule has 7 heteroatoms. The molecule has 2 aliphatic rings. The third-order valence-corrected chi connectivity index (χ3v) is 4.30. The van der Waals surface area contributed by atoms with Crippen molar-refractivity contribution in [1.29, 1.82) is 0 Å². The molecule has 1 aliphatic carbocycles. The van der Waals surface area contributed by atoms with Crippen LogP contribution in [0.15, 0.2) is 0 Å². The monoisotopic (exact) mass is 266 g/mol. The molecule has 104 valence electrons. The summed E-state index contributed by atoms with van der Waals surface area (Å²) in [6, 6.07) is 0. The first-order valence-corrected chi connectivity index (χ1v) is 6.76. The van der Waals surface area contributed by atoms with Crippen LogP contribution in [0.4, 0.5) is 0 Å². The number of carboxylic acids is 1. The van der Waals surface area contributed by atoms with Crippen LogP contribution >= 0.6 is 0 Å². The number of tetrazole rings is 1. The van der Waals surface area contributed by atoms with Gasteiger partial charge in [0, 0.05) is 0 Å². The molecular weight excluding hydrogens is 248 g/mol. The summed E-state index contributed by atoms with van der Waals surface area (Å²) in [5, 5.41) is 21.0. The van der Waals surface area contributed by atoms with Gasteiger partial charge in [-0.3, -0.25) is 4.79 Å². The Bertz CT molecular complexity index is 483. The number of rotatable bonds is 4. The largest absolute Gasteiger partial charge is 0.481 e. The maximum absolute atomic E-state index is 11.4. The molecule has 2 fully saturated rings. The maximum Gasteiger partial charge on any atom is 0.311 e. The van der Waals surface area contributed by atoms with Gasteiger partial charge in [-0.05, 0) is 43.0 Å². The van der Waals surface area contributed by atoms with Gasteiger partial charge in [-0.2, -0.15) is 0 Å². The lowest BCUT2D eigenvalue weighted by Crippen LogP contribution is -2.42. The molecule has 0 aromatic carbocycles. The van der Waals surface area contributed by atoms with Crippen LogP contribution in [0.2, 0.25) is 0 Å². The first-order valence-electron chi connectivity index (χ1n) is 6.76. The van der Waals surface area contributed by atoms with Gasteiger partial charge in [-0.15, -0.1) is 5.10 Å². The van der Waals surface area contributed by atoms with Gasteiger partial charge in [0.2, 0.25) is 0 Å². The van der Waals surface area contributed by atoms with Crippen LogP contribution in [0.1, 0.15) is 51.0 Å². The van der Waals surface area contributed by atoms with Crippen LogP contribution in [0.5, 0.6) is 0 Å². The molecule has 0 radical (unpaired) electrons. The van der Waals surface area contributed by atoms with Gasteiger partial charge in [0.25, 0.3) is 0 Å². The fourth-order valence-corrected chi connectivity index (χ4v) is 2.88. The molecule has 1 aliphatic heterocycles. The Balaban J connectivity index is 1.79. The van der Waals surface area contributed by atoms with Crippen molar-refractivity contribution in [3.05, 3.63) is 5.82 Å². The van der Waals surface area contributed by atoms with E-state index in [0.717, 1.165) is 19.3 Å². The van der Waals surface area contributed by atoms with Gasteiger partial charge in [0.1, 0.15) is 6.10 Å². The van der Waals surface area contributed by atoms with Gasteiger partial charge in [0.05, 0.1) is 18.1 Å². The second-order valence-corrected chi connectivity index (χ2v) is 5.65. The lowest BCUT2D eigenvalue weighted by molar-refractivity contribution is -0.156. The van der Waals surface area contributed by atoms with Crippen molar-refractivity contribution in [1.82, 2.24) is 20.2 Å².